The molecule has 6 heteroatoms. The Morgan fingerprint density at radius 1 is 1.11 bits per heavy atom. The fourth-order valence-corrected chi connectivity index (χ4v) is 4.16. The molecule has 2 N–H and O–H groups in total. The largest absolute Gasteiger partial charge is 0.385 e. The van der Waals surface area contributed by atoms with Crippen LogP contribution in [0.5, 0.6) is 0 Å². The summed E-state index contributed by atoms with van der Waals surface area (Å²) in [4.78, 5) is 14.9. The quantitative estimate of drug-likeness (QED) is 0.869. The molecule has 0 saturated carbocycles. The number of rotatable bonds is 3. The number of hydrogen-bond acceptors (Lipinski definition) is 3. The van der Waals surface area contributed by atoms with Gasteiger partial charge < -0.3 is 15.5 Å². The number of carbonyl (C=O) groups is 1. The maximum Gasteiger partial charge on any atom is 0.223 e. The van der Waals surface area contributed by atoms with Crippen molar-refractivity contribution >= 4 is 11.6 Å². The SMILES string of the molecule is O=C(CC1CCNc2ccccc21)N1CCNCC1c1cc(F)cc(F)c1. The van der Waals surface area contributed by atoms with E-state index in [1.54, 1.807) is 4.90 Å². The van der Waals surface area contributed by atoms with Crippen LogP contribution in [0.4, 0.5) is 14.5 Å². The van der Waals surface area contributed by atoms with Crippen molar-refractivity contribution in [3.63, 3.8) is 0 Å². The minimum atomic E-state index is -0.616. The molecule has 1 amide bonds. The zero-order valence-corrected chi connectivity index (χ0v) is 15.1. The van der Waals surface area contributed by atoms with E-state index in [1.165, 1.54) is 17.7 Å². The predicted molar refractivity (Wildman–Crippen MR) is 101 cm³/mol. The molecule has 2 atom stereocenters. The highest BCUT2D eigenvalue weighted by Gasteiger charge is 2.31. The van der Waals surface area contributed by atoms with Gasteiger partial charge in [-0.15, -0.1) is 0 Å². The Morgan fingerprint density at radius 2 is 1.89 bits per heavy atom. The number of amides is 1. The monoisotopic (exact) mass is 371 g/mol. The first-order valence-electron chi connectivity index (χ1n) is 9.41. The predicted octanol–water partition coefficient (Wildman–Crippen LogP) is 3.43. The molecule has 4 rings (SSSR count). The van der Waals surface area contributed by atoms with Crippen molar-refractivity contribution in [1.82, 2.24) is 10.2 Å². The summed E-state index contributed by atoms with van der Waals surface area (Å²) >= 11 is 0. The van der Waals surface area contributed by atoms with Crippen molar-refractivity contribution in [2.24, 2.45) is 0 Å². The molecule has 2 heterocycles. The van der Waals surface area contributed by atoms with Crippen LogP contribution in [0.3, 0.4) is 0 Å². The third-order valence-electron chi connectivity index (χ3n) is 5.46. The fraction of sp³-hybridized carbons (Fsp3) is 0.381. The van der Waals surface area contributed by atoms with Crippen LogP contribution in [0, 0.1) is 11.6 Å². The molecular weight excluding hydrogens is 348 g/mol. The minimum absolute atomic E-state index is 0.0351. The molecule has 142 valence electrons. The van der Waals surface area contributed by atoms with Crippen molar-refractivity contribution in [1.29, 1.82) is 0 Å². The molecule has 2 aliphatic heterocycles. The maximum absolute atomic E-state index is 13.7. The number of anilines is 1. The van der Waals surface area contributed by atoms with Crippen molar-refractivity contribution in [3.05, 3.63) is 65.2 Å². The second kappa shape index (κ2) is 7.64. The summed E-state index contributed by atoms with van der Waals surface area (Å²) in [5, 5.41) is 6.60. The van der Waals surface area contributed by atoms with E-state index in [-0.39, 0.29) is 17.9 Å². The van der Waals surface area contributed by atoms with Gasteiger partial charge in [0.15, 0.2) is 0 Å². The maximum atomic E-state index is 13.7. The Labute approximate surface area is 157 Å². The third-order valence-corrected chi connectivity index (χ3v) is 5.46. The summed E-state index contributed by atoms with van der Waals surface area (Å²) in [6.07, 6.45) is 1.31. The zero-order chi connectivity index (χ0) is 18.8. The zero-order valence-electron chi connectivity index (χ0n) is 15.1. The van der Waals surface area contributed by atoms with E-state index in [4.69, 9.17) is 0 Å². The standard InChI is InChI=1S/C21H23F2N3O/c22-16-9-15(10-17(23)12-16)20-13-24-7-8-26(20)21(27)11-14-5-6-25-19-4-2-1-3-18(14)19/h1-4,9-10,12,14,20,24-25H,5-8,11,13H2. The number of nitrogens with zero attached hydrogens (tertiary/aromatic N) is 1. The van der Waals surface area contributed by atoms with Crippen LogP contribution in [-0.2, 0) is 4.79 Å². The Bertz CT molecular complexity index is 822. The van der Waals surface area contributed by atoms with Gasteiger partial charge in [0.1, 0.15) is 11.6 Å². The average Bonchev–Trinajstić information content (AvgIpc) is 2.67. The minimum Gasteiger partial charge on any atom is -0.385 e. The van der Waals surface area contributed by atoms with Gasteiger partial charge in [-0.1, -0.05) is 18.2 Å². The average molecular weight is 371 g/mol. The first-order chi connectivity index (χ1) is 13.1. The molecule has 2 unspecified atom stereocenters. The number of para-hydroxylation sites is 1. The first kappa shape index (κ1) is 17.9. The van der Waals surface area contributed by atoms with Gasteiger partial charge in [0.05, 0.1) is 6.04 Å². The molecule has 2 aromatic carbocycles. The van der Waals surface area contributed by atoms with Crippen molar-refractivity contribution < 1.29 is 13.6 Å². The number of hydrogen-bond donors (Lipinski definition) is 2. The molecule has 0 spiro atoms. The molecule has 0 radical (unpaired) electrons. The van der Waals surface area contributed by atoms with Gasteiger partial charge in [0.25, 0.3) is 0 Å². The third kappa shape index (κ3) is 3.81. The molecule has 0 aromatic heterocycles. The van der Waals surface area contributed by atoms with Crippen LogP contribution >= 0.6 is 0 Å². The summed E-state index contributed by atoms with van der Waals surface area (Å²) in [6.45, 7) is 2.56. The van der Waals surface area contributed by atoms with Crippen LogP contribution in [0.2, 0.25) is 0 Å². The van der Waals surface area contributed by atoms with E-state index < -0.39 is 11.6 Å². The molecule has 2 aliphatic rings. The second-order valence-electron chi connectivity index (χ2n) is 7.21. The normalized spacial score (nSPS) is 22.1. The van der Waals surface area contributed by atoms with E-state index in [0.29, 0.717) is 31.6 Å². The number of halogens is 2. The Balaban J connectivity index is 1.55. The highest BCUT2D eigenvalue weighted by atomic mass is 19.1. The first-order valence-corrected chi connectivity index (χ1v) is 9.41. The van der Waals surface area contributed by atoms with Gasteiger partial charge in [0, 0.05) is 44.4 Å². The number of nitrogens with one attached hydrogen (secondary N) is 2. The molecule has 1 fully saturated rings. The Hall–Kier alpha value is -2.47. The van der Waals surface area contributed by atoms with Gasteiger partial charge in [-0.2, -0.15) is 0 Å². The lowest BCUT2D eigenvalue weighted by molar-refractivity contribution is -0.135. The smallest absolute Gasteiger partial charge is 0.223 e. The molecular formula is C21H23F2N3O. The van der Waals surface area contributed by atoms with Gasteiger partial charge >= 0.3 is 0 Å². The Kier molecular flexibility index (Phi) is 5.07. The number of piperazine rings is 1. The topological polar surface area (TPSA) is 44.4 Å². The summed E-state index contributed by atoms with van der Waals surface area (Å²) < 4.78 is 27.4. The lowest BCUT2D eigenvalue weighted by Gasteiger charge is -2.38. The molecule has 0 aliphatic carbocycles. The summed E-state index contributed by atoms with van der Waals surface area (Å²) in [6, 6.07) is 11.2. The molecule has 0 bridgehead atoms. The van der Waals surface area contributed by atoms with E-state index >= 15 is 0 Å². The highest BCUT2D eigenvalue weighted by molar-refractivity contribution is 5.78. The van der Waals surface area contributed by atoms with Crippen LogP contribution in [0.15, 0.2) is 42.5 Å². The van der Waals surface area contributed by atoms with Crippen molar-refractivity contribution in [2.75, 3.05) is 31.5 Å². The molecule has 4 nitrogen and oxygen atoms in total. The number of benzene rings is 2. The highest BCUT2D eigenvalue weighted by Crippen LogP contribution is 2.35. The van der Waals surface area contributed by atoms with Gasteiger partial charge in [0.2, 0.25) is 5.91 Å². The molecule has 2 aromatic rings. The van der Waals surface area contributed by atoms with E-state index in [0.717, 1.165) is 24.7 Å². The molecule has 1 saturated heterocycles. The van der Waals surface area contributed by atoms with Crippen LogP contribution in [0.1, 0.15) is 35.9 Å². The van der Waals surface area contributed by atoms with Crippen molar-refractivity contribution in [3.8, 4) is 0 Å². The second-order valence-corrected chi connectivity index (χ2v) is 7.21. The lowest BCUT2D eigenvalue weighted by Crippen LogP contribution is -2.49. The van der Waals surface area contributed by atoms with Crippen LogP contribution < -0.4 is 10.6 Å². The van der Waals surface area contributed by atoms with Crippen molar-refractivity contribution in [2.45, 2.75) is 24.8 Å². The van der Waals surface area contributed by atoms with Gasteiger partial charge in [-0.3, -0.25) is 4.79 Å². The van der Waals surface area contributed by atoms with Crippen LogP contribution in [-0.4, -0.2) is 37.0 Å². The van der Waals surface area contributed by atoms with E-state index in [2.05, 4.69) is 16.7 Å². The molecule has 27 heavy (non-hydrogen) atoms. The summed E-state index contributed by atoms with van der Waals surface area (Å²) in [5.74, 6) is -1.03. The lowest BCUT2D eigenvalue weighted by atomic mass is 9.87. The van der Waals surface area contributed by atoms with E-state index in [1.807, 2.05) is 18.2 Å². The summed E-state index contributed by atoms with van der Waals surface area (Å²) in [5.41, 5.74) is 2.75. The fourth-order valence-electron chi connectivity index (χ4n) is 4.16. The van der Waals surface area contributed by atoms with Gasteiger partial charge in [-0.25, -0.2) is 8.78 Å². The number of carbonyl (C=O) groups excluding carboxylic acids is 1. The van der Waals surface area contributed by atoms with Gasteiger partial charge in [-0.05, 0) is 41.7 Å². The van der Waals surface area contributed by atoms with E-state index in [9.17, 15) is 13.6 Å². The number of fused-ring (bicyclic) bond motifs is 1. The Morgan fingerprint density at radius 3 is 2.70 bits per heavy atom. The van der Waals surface area contributed by atoms with Crippen LogP contribution in [0.25, 0.3) is 0 Å². The summed E-state index contributed by atoms with van der Waals surface area (Å²) in [7, 11) is 0.